The second-order valence-corrected chi connectivity index (χ2v) is 7.40. The highest BCUT2D eigenvalue weighted by Crippen LogP contribution is 2.20. The van der Waals surface area contributed by atoms with Gasteiger partial charge in [-0.15, -0.1) is 0 Å². The minimum absolute atomic E-state index is 0.0595. The number of aliphatic hydroxyl groups excluding tert-OH is 1. The number of benzene rings is 1. The molecule has 0 saturated heterocycles. The molecule has 9 nitrogen and oxygen atoms in total. The summed E-state index contributed by atoms with van der Waals surface area (Å²) in [5.74, 6) is 0.0457. The minimum Gasteiger partial charge on any atom is -0.394 e. The topological polar surface area (TPSA) is 95.7 Å². The van der Waals surface area contributed by atoms with Crippen LogP contribution in [0.1, 0.15) is 17.0 Å². The number of aromatic nitrogens is 5. The van der Waals surface area contributed by atoms with E-state index in [1.54, 1.807) is 29.6 Å². The summed E-state index contributed by atoms with van der Waals surface area (Å²) in [6, 6.07) is 6.07. The fourth-order valence-electron chi connectivity index (χ4n) is 3.84. The van der Waals surface area contributed by atoms with E-state index < -0.39 is 17.1 Å². The Bertz CT molecular complexity index is 1400. The highest BCUT2D eigenvalue weighted by Gasteiger charge is 2.22. The number of ether oxygens (including phenoxy) is 1. The molecular formula is C21H24FN5O4. The van der Waals surface area contributed by atoms with Crippen LogP contribution in [0.5, 0.6) is 0 Å². The Morgan fingerprint density at radius 1 is 1.10 bits per heavy atom. The molecule has 10 heteroatoms. The molecule has 0 spiro atoms. The molecule has 0 saturated carbocycles. The van der Waals surface area contributed by atoms with Crippen molar-refractivity contribution in [2.75, 3.05) is 19.8 Å². The normalized spacial score (nSPS) is 11.8. The van der Waals surface area contributed by atoms with E-state index in [-0.39, 0.29) is 36.5 Å². The maximum atomic E-state index is 14.2. The number of fused-ring (bicyclic) bond motifs is 3. The van der Waals surface area contributed by atoms with E-state index in [1.165, 1.54) is 10.6 Å². The molecule has 1 aromatic carbocycles. The summed E-state index contributed by atoms with van der Waals surface area (Å²) in [6.07, 6.45) is 0. The molecule has 0 aliphatic carbocycles. The Hall–Kier alpha value is -3.24. The molecule has 0 aliphatic heterocycles. The lowest BCUT2D eigenvalue weighted by Crippen LogP contribution is -2.39. The first-order valence-electron chi connectivity index (χ1n) is 9.96. The number of halogens is 1. The van der Waals surface area contributed by atoms with Gasteiger partial charge in [0.1, 0.15) is 5.82 Å². The molecular weight excluding hydrogens is 405 g/mol. The Labute approximate surface area is 176 Å². The van der Waals surface area contributed by atoms with Gasteiger partial charge < -0.3 is 14.4 Å². The van der Waals surface area contributed by atoms with E-state index >= 15 is 0 Å². The Morgan fingerprint density at radius 3 is 2.55 bits per heavy atom. The number of nitrogens with zero attached hydrogens (tertiary/aromatic N) is 5. The predicted octanol–water partition coefficient (Wildman–Crippen LogP) is 0.963. The number of rotatable bonds is 7. The van der Waals surface area contributed by atoms with Gasteiger partial charge in [0, 0.05) is 30.5 Å². The summed E-state index contributed by atoms with van der Waals surface area (Å²) >= 11 is 0. The number of hydrogen-bond acceptors (Lipinski definition) is 5. The fraction of sp³-hybridized carbons (Fsp3) is 0.381. The highest BCUT2D eigenvalue weighted by molar-refractivity contribution is 5.76. The average molecular weight is 429 g/mol. The van der Waals surface area contributed by atoms with Crippen molar-refractivity contribution in [3.05, 3.63) is 67.9 Å². The molecule has 1 N–H and O–H groups in total. The van der Waals surface area contributed by atoms with Crippen LogP contribution < -0.4 is 11.2 Å². The largest absolute Gasteiger partial charge is 0.394 e. The quantitative estimate of drug-likeness (QED) is 0.442. The molecule has 0 amide bonds. The van der Waals surface area contributed by atoms with Gasteiger partial charge in [0.15, 0.2) is 11.2 Å². The van der Waals surface area contributed by atoms with Crippen molar-refractivity contribution in [2.45, 2.75) is 26.9 Å². The molecule has 31 heavy (non-hydrogen) atoms. The summed E-state index contributed by atoms with van der Waals surface area (Å²) in [5, 5.41) is 8.88. The third-order valence-electron chi connectivity index (χ3n) is 5.61. The zero-order valence-corrected chi connectivity index (χ0v) is 17.6. The van der Waals surface area contributed by atoms with Crippen LogP contribution in [0.15, 0.2) is 33.9 Å². The molecule has 0 unspecified atom stereocenters. The molecule has 0 fully saturated rings. The smallest absolute Gasteiger partial charge is 0.332 e. The first kappa shape index (κ1) is 21.0. The van der Waals surface area contributed by atoms with Crippen LogP contribution in [-0.4, -0.2) is 48.0 Å². The minimum atomic E-state index is -0.561. The van der Waals surface area contributed by atoms with Crippen LogP contribution in [-0.2, 0) is 24.9 Å². The number of imidazole rings is 2. The van der Waals surface area contributed by atoms with Crippen molar-refractivity contribution in [2.24, 2.45) is 7.05 Å². The van der Waals surface area contributed by atoms with Crippen molar-refractivity contribution < 1.29 is 14.2 Å². The van der Waals surface area contributed by atoms with Crippen LogP contribution in [0, 0.1) is 19.7 Å². The van der Waals surface area contributed by atoms with Crippen molar-refractivity contribution in [1.82, 2.24) is 23.1 Å². The third kappa shape index (κ3) is 3.37. The summed E-state index contributed by atoms with van der Waals surface area (Å²) in [7, 11) is 1.55. The molecule has 0 bridgehead atoms. The monoisotopic (exact) mass is 429 g/mol. The Kier molecular flexibility index (Phi) is 5.50. The fourth-order valence-corrected chi connectivity index (χ4v) is 3.84. The highest BCUT2D eigenvalue weighted by atomic mass is 19.1. The maximum Gasteiger partial charge on any atom is 0.332 e. The van der Waals surface area contributed by atoms with Gasteiger partial charge in [-0.3, -0.25) is 18.3 Å². The second-order valence-electron chi connectivity index (χ2n) is 7.40. The van der Waals surface area contributed by atoms with Gasteiger partial charge in [0.25, 0.3) is 5.56 Å². The molecule has 164 valence electrons. The van der Waals surface area contributed by atoms with Crippen LogP contribution in [0.4, 0.5) is 4.39 Å². The first-order chi connectivity index (χ1) is 14.9. The van der Waals surface area contributed by atoms with Crippen molar-refractivity contribution in [1.29, 1.82) is 0 Å². The molecule has 0 aliphatic rings. The molecule has 3 aromatic heterocycles. The van der Waals surface area contributed by atoms with Gasteiger partial charge in [-0.1, -0.05) is 18.2 Å². The summed E-state index contributed by atoms with van der Waals surface area (Å²) in [5.41, 5.74) is 1.43. The number of aryl methyl sites for hydroxylation is 2. The summed E-state index contributed by atoms with van der Waals surface area (Å²) < 4.78 is 25.5. The van der Waals surface area contributed by atoms with Crippen molar-refractivity contribution in [3.8, 4) is 0 Å². The van der Waals surface area contributed by atoms with Crippen molar-refractivity contribution >= 4 is 16.9 Å². The Morgan fingerprint density at radius 2 is 1.84 bits per heavy atom. The standard InChI is InChI=1S/C21H24FN5O4/c1-13-14(2)27-17-18(23-20(27)25(13)8-10-31-11-9-28)24(3)21(30)26(19(17)29)12-15-6-4-5-7-16(15)22/h4-7,28H,8-12H2,1-3H3. The van der Waals surface area contributed by atoms with Gasteiger partial charge in [-0.25, -0.2) is 9.18 Å². The predicted molar refractivity (Wildman–Crippen MR) is 113 cm³/mol. The molecule has 0 atom stereocenters. The molecule has 3 heterocycles. The van der Waals surface area contributed by atoms with Gasteiger partial charge in [0.05, 0.1) is 26.4 Å². The number of aliphatic hydroxyl groups is 1. The zero-order chi connectivity index (χ0) is 22.3. The van der Waals surface area contributed by atoms with E-state index in [0.717, 1.165) is 16.0 Å². The molecule has 4 aromatic rings. The lowest BCUT2D eigenvalue weighted by atomic mass is 10.2. The maximum absolute atomic E-state index is 14.2. The van der Waals surface area contributed by atoms with E-state index in [2.05, 4.69) is 4.98 Å². The van der Waals surface area contributed by atoms with Gasteiger partial charge in [0.2, 0.25) is 5.78 Å². The van der Waals surface area contributed by atoms with Crippen LogP contribution in [0.2, 0.25) is 0 Å². The lowest BCUT2D eigenvalue weighted by Gasteiger charge is -2.09. The van der Waals surface area contributed by atoms with Crippen LogP contribution in [0.3, 0.4) is 0 Å². The van der Waals surface area contributed by atoms with Crippen LogP contribution in [0.25, 0.3) is 16.9 Å². The van der Waals surface area contributed by atoms with E-state index in [1.807, 2.05) is 18.4 Å². The zero-order valence-electron chi connectivity index (χ0n) is 17.6. The SMILES string of the molecule is Cc1c(C)n2c3c(=O)n(Cc4ccccc4F)c(=O)n(C)c3nc2n1CCOCCO. The summed E-state index contributed by atoms with van der Waals surface area (Å²) in [4.78, 5) is 30.9. The molecule has 4 rings (SSSR count). The van der Waals surface area contributed by atoms with Crippen LogP contribution >= 0.6 is 0 Å². The lowest BCUT2D eigenvalue weighted by molar-refractivity contribution is 0.0872. The average Bonchev–Trinajstić information content (AvgIpc) is 3.25. The van der Waals surface area contributed by atoms with E-state index in [9.17, 15) is 14.0 Å². The van der Waals surface area contributed by atoms with Crippen molar-refractivity contribution in [3.63, 3.8) is 0 Å². The molecule has 0 radical (unpaired) electrons. The Balaban J connectivity index is 1.92. The van der Waals surface area contributed by atoms with Gasteiger partial charge >= 0.3 is 5.69 Å². The number of hydrogen-bond donors (Lipinski definition) is 1. The summed E-state index contributed by atoms with van der Waals surface area (Å²) in [6.45, 7) is 4.64. The second kappa shape index (κ2) is 8.12. The first-order valence-corrected chi connectivity index (χ1v) is 9.96. The van der Waals surface area contributed by atoms with Gasteiger partial charge in [-0.2, -0.15) is 4.98 Å². The van der Waals surface area contributed by atoms with E-state index in [4.69, 9.17) is 9.84 Å². The van der Waals surface area contributed by atoms with E-state index in [0.29, 0.717) is 18.9 Å². The third-order valence-corrected chi connectivity index (χ3v) is 5.61. The van der Waals surface area contributed by atoms with Gasteiger partial charge in [-0.05, 0) is 19.9 Å².